The minimum atomic E-state index is -1.53. The fourth-order valence-electron chi connectivity index (χ4n) is 8.04. The summed E-state index contributed by atoms with van der Waals surface area (Å²) >= 11 is 0. The summed E-state index contributed by atoms with van der Waals surface area (Å²) in [5.41, 5.74) is 0.427. The second-order valence-electron chi connectivity index (χ2n) is 11.4. The average molecular weight is 495 g/mol. The van der Waals surface area contributed by atoms with E-state index in [1.54, 1.807) is 7.11 Å². The van der Waals surface area contributed by atoms with Crippen LogP contribution in [-0.2, 0) is 23.8 Å². The number of carbonyl (C=O) groups excluding carboxylic acids is 2. The molecule has 0 amide bonds. The van der Waals surface area contributed by atoms with Gasteiger partial charge in [0.25, 0.3) is 0 Å². The van der Waals surface area contributed by atoms with Crippen LogP contribution in [0.15, 0.2) is 42.5 Å². The van der Waals surface area contributed by atoms with E-state index < -0.39 is 23.4 Å². The summed E-state index contributed by atoms with van der Waals surface area (Å²) in [6.07, 6.45) is 13.7. The molecule has 3 aliphatic heterocycles. The van der Waals surface area contributed by atoms with Gasteiger partial charge in [0.2, 0.25) is 0 Å². The summed E-state index contributed by atoms with van der Waals surface area (Å²) in [5.74, 6) is -0.880. The normalized spacial score (nSPS) is 33.8. The Bertz CT molecular complexity index is 968. The summed E-state index contributed by atoms with van der Waals surface area (Å²) in [4.78, 5) is 29.9. The molecule has 7 nitrogen and oxygen atoms in total. The minimum Gasteiger partial charge on any atom is -0.400 e. The summed E-state index contributed by atoms with van der Waals surface area (Å²) in [7, 11) is 1.71. The van der Waals surface area contributed by atoms with Gasteiger partial charge in [0, 0.05) is 44.1 Å². The standard InChI is InChI=1S/C29H38N2O5/c1-34-25-20-29(35-26(32)12-13-27(33)36-29)31(23-10-6-3-7-11-23)28(25)14-16-30(17-15-28)24-18-21-8-4-2-5-9-22(21)19-24/h3,6-7,10-13,21-22,24-25H,2,4-5,8-9,14-20H2,1H3. The van der Waals surface area contributed by atoms with Gasteiger partial charge >= 0.3 is 17.8 Å². The summed E-state index contributed by atoms with van der Waals surface area (Å²) in [6, 6.07) is 10.6. The Kier molecular flexibility index (Phi) is 6.32. The van der Waals surface area contributed by atoms with Crippen molar-refractivity contribution in [2.75, 3.05) is 25.1 Å². The molecule has 1 aromatic rings. The van der Waals surface area contributed by atoms with Gasteiger partial charge in [-0.15, -0.1) is 0 Å². The molecule has 0 bridgehead atoms. The van der Waals surface area contributed by atoms with Crippen LogP contribution in [0.3, 0.4) is 0 Å². The van der Waals surface area contributed by atoms with Crippen molar-refractivity contribution in [1.82, 2.24) is 4.90 Å². The summed E-state index contributed by atoms with van der Waals surface area (Å²) in [6.45, 7) is 1.92. The summed E-state index contributed by atoms with van der Waals surface area (Å²) < 4.78 is 17.9. The van der Waals surface area contributed by atoms with Crippen LogP contribution < -0.4 is 4.90 Å². The highest BCUT2D eigenvalue weighted by atomic mass is 16.8. The van der Waals surface area contributed by atoms with Crippen molar-refractivity contribution < 1.29 is 23.8 Å². The zero-order chi connectivity index (χ0) is 24.8. The molecule has 2 saturated heterocycles. The number of para-hydroxylation sites is 1. The topological polar surface area (TPSA) is 68.3 Å². The third-order valence-electron chi connectivity index (χ3n) is 9.65. The molecule has 36 heavy (non-hydrogen) atoms. The highest BCUT2D eigenvalue weighted by molar-refractivity contribution is 5.93. The van der Waals surface area contributed by atoms with E-state index >= 15 is 0 Å². The molecule has 7 heteroatoms. The number of ether oxygens (including phenoxy) is 3. The van der Waals surface area contributed by atoms with E-state index in [0.29, 0.717) is 6.04 Å². The van der Waals surface area contributed by atoms with E-state index in [1.165, 1.54) is 44.9 Å². The first-order chi connectivity index (χ1) is 17.5. The second-order valence-corrected chi connectivity index (χ2v) is 11.4. The number of piperidine rings is 1. The second kappa shape index (κ2) is 9.49. The molecule has 0 N–H and O–H groups in total. The highest BCUT2D eigenvalue weighted by Crippen LogP contribution is 2.53. The molecule has 5 aliphatic rings. The van der Waals surface area contributed by atoms with E-state index in [0.717, 1.165) is 55.6 Å². The van der Waals surface area contributed by atoms with Crippen LogP contribution in [0.25, 0.3) is 0 Å². The van der Waals surface area contributed by atoms with Gasteiger partial charge < -0.3 is 19.1 Å². The van der Waals surface area contributed by atoms with E-state index in [1.807, 2.05) is 30.3 Å². The van der Waals surface area contributed by atoms with E-state index in [-0.39, 0.29) is 12.5 Å². The Morgan fingerprint density at radius 1 is 0.889 bits per heavy atom. The lowest BCUT2D eigenvalue weighted by molar-refractivity contribution is -0.219. The average Bonchev–Trinajstić information content (AvgIpc) is 3.24. The van der Waals surface area contributed by atoms with Gasteiger partial charge in [-0.25, -0.2) is 9.59 Å². The molecule has 2 spiro atoms. The van der Waals surface area contributed by atoms with Crippen LogP contribution in [0.1, 0.15) is 64.2 Å². The van der Waals surface area contributed by atoms with Gasteiger partial charge in [-0.05, 0) is 49.7 Å². The molecular weight excluding hydrogens is 456 g/mol. The number of nitrogens with zero attached hydrogens (tertiary/aromatic N) is 2. The zero-order valence-electron chi connectivity index (χ0n) is 21.3. The molecule has 2 aliphatic carbocycles. The lowest BCUT2D eigenvalue weighted by Crippen LogP contribution is -2.63. The van der Waals surface area contributed by atoms with Gasteiger partial charge in [0.15, 0.2) is 0 Å². The third kappa shape index (κ3) is 4.04. The predicted octanol–water partition coefficient (Wildman–Crippen LogP) is 4.42. The molecular formula is C29H38N2O5. The first-order valence-electron chi connectivity index (χ1n) is 13.8. The lowest BCUT2D eigenvalue weighted by Gasteiger charge is -2.51. The Balaban J connectivity index is 1.29. The summed E-state index contributed by atoms with van der Waals surface area (Å²) in [5, 5.41) is 0. The number of rotatable bonds is 3. The Labute approximate surface area is 213 Å². The Morgan fingerprint density at radius 2 is 1.50 bits per heavy atom. The third-order valence-corrected chi connectivity index (χ3v) is 9.65. The maximum atomic E-state index is 12.6. The number of anilines is 1. The van der Waals surface area contributed by atoms with Gasteiger partial charge in [-0.2, -0.15) is 0 Å². The van der Waals surface area contributed by atoms with Gasteiger partial charge in [-0.1, -0.05) is 50.3 Å². The molecule has 4 fully saturated rings. The van der Waals surface area contributed by atoms with Crippen LogP contribution in [0.5, 0.6) is 0 Å². The van der Waals surface area contributed by atoms with Gasteiger partial charge in [0.05, 0.1) is 18.1 Å². The monoisotopic (exact) mass is 494 g/mol. The minimum absolute atomic E-state index is 0.242. The van der Waals surface area contributed by atoms with Crippen LogP contribution in [0.2, 0.25) is 0 Å². The van der Waals surface area contributed by atoms with Crippen molar-refractivity contribution >= 4 is 17.6 Å². The fourth-order valence-corrected chi connectivity index (χ4v) is 8.04. The smallest absolute Gasteiger partial charge is 0.346 e. The van der Waals surface area contributed by atoms with Crippen molar-refractivity contribution in [3.63, 3.8) is 0 Å². The SMILES string of the molecule is COC1CC2(OC(=O)C=CC(=O)O2)N(c2ccccc2)C12CCN(C1CC3CCCCCC3C1)CC2. The van der Waals surface area contributed by atoms with E-state index in [4.69, 9.17) is 14.2 Å². The van der Waals surface area contributed by atoms with Gasteiger partial charge in [-0.3, -0.25) is 4.90 Å². The number of esters is 2. The molecule has 3 heterocycles. The van der Waals surface area contributed by atoms with Crippen molar-refractivity contribution in [3.8, 4) is 0 Å². The maximum absolute atomic E-state index is 12.6. The van der Waals surface area contributed by atoms with Crippen molar-refractivity contribution in [1.29, 1.82) is 0 Å². The Hall–Kier alpha value is -2.38. The van der Waals surface area contributed by atoms with Crippen LogP contribution in [0, 0.1) is 11.8 Å². The first kappa shape index (κ1) is 24.0. The highest BCUT2D eigenvalue weighted by Gasteiger charge is 2.66. The number of methoxy groups -OCH3 is 1. The first-order valence-corrected chi connectivity index (χ1v) is 13.8. The predicted molar refractivity (Wildman–Crippen MR) is 135 cm³/mol. The molecule has 3 unspecified atom stereocenters. The quantitative estimate of drug-likeness (QED) is 0.577. The molecule has 6 rings (SSSR count). The van der Waals surface area contributed by atoms with Crippen molar-refractivity contribution in [2.24, 2.45) is 11.8 Å². The zero-order valence-corrected chi connectivity index (χ0v) is 21.3. The molecule has 0 radical (unpaired) electrons. The molecule has 194 valence electrons. The van der Waals surface area contributed by atoms with Crippen LogP contribution >= 0.6 is 0 Å². The molecule has 0 aromatic heterocycles. The molecule has 3 atom stereocenters. The van der Waals surface area contributed by atoms with Crippen molar-refractivity contribution in [2.45, 2.75) is 87.8 Å². The maximum Gasteiger partial charge on any atom is 0.346 e. The largest absolute Gasteiger partial charge is 0.400 e. The Morgan fingerprint density at radius 3 is 2.08 bits per heavy atom. The number of hydrogen-bond acceptors (Lipinski definition) is 7. The van der Waals surface area contributed by atoms with E-state index in [2.05, 4.69) is 9.80 Å². The number of likely N-dealkylation sites (tertiary alicyclic amines) is 1. The lowest BCUT2D eigenvalue weighted by atomic mass is 9.81. The van der Waals surface area contributed by atoms with Crippen molar-refractivity contribution in [3.05, 3.63) is 42.5 Å². The number of carbonyl (C=O) groups is 2. The van der Waals surface area contributed by atoms with Crippen LogP contribution in [-0.4, -0.2) is 60.6 Å². The fraction of sp³-hybridized carbons (Fsp3) is 0.655. The number of fused-ring (bicyclic) bond motifs is 1. The number of benzene rings is 1. The van der Waals surface area contributed by atoms with E-state index in [9.17, 15) is 9.59 Å². The number of hydrogen-bond donors (Lipinski definition) is 0. The van der Waals surface area contributed by atoms with Crippen LogP contribution in [0.4, 0.5) is 5.69 Å². The molecule has 1 aromatic carbocycles. The van der Waals surface area contributed by atoms with Gasteiger partial charge in [0.1, 0.15) is 0 Å². The molecule has 2 saturated carbocycles.